The molecule has 0 radical (unpaired) electrons. The van der Waals surface area contributed by atoms with Crippen LogP contribution in [0.3, 0.4) is 0 Å². The van der Waals surface area contributed by atoms with Gasteiger partial charge in [-0.3, -0.25) is 18.7 Å². The van der Waals surface area contributed by atoms with Gasteiger partial charge in [0.15, 0.2) is 18.1 Å². The second kappa shape index (κ2) is 10.3. The number of nitrogen functional groups attached to an aromatic ring is 1. The first-order valence-corrected chi connectivity index (χ1v) is 10.3. The molecule has 1 aromatic heterocycles. The van der Waals surface area contributed by atoms with E-state index >= 15 is 0 Å². The summed E-state index contributed by atoms with van der Waals surface area (Å²) >= 11 is 5.88. The third kappa shape index (κ3) is 5.12. The molecule has 3 aromatic rings. The normalized spacial score (nSPS) is 10.6. The number of aromatic nitrogens is 2. The number of halogens is 1. The molecule has 0 saturated heterocycles. The van der Waals surface area contributed by atoms with Crippen molar-refractivity contribution in [1.29, 1.82) is 0 Å². The number of rotatable bonds is 8. The number of methoxy groups -OCH3 is 1. The second-order valence-corrected chi connectivity index (χ2v) is 7.68. The zero-order valence-corrected chi connectivity index (χ0v) is 19.4. The number of carbonyl (C=O) groups is 2. The molecule has 0 saturated carbocycles. The Hall–Kier alpha value is -4.05. The van der Waals surface area contributed by atoms with E-state index in [4.69, 9.17) is 31.5 Å². The molecule has 2 aromatic carbocycles. The molecule has 178 valence electrons. The molecule has 10 nitrogen and oxygen atoms in total. The summed E-state index contributed by atoms with van der Waals surface area (Å²) in [4.78, 5) is 49.2. The van der Waals surface area contributed by atoms with Crippen LogP contribution in [0.15, 0.2) is 52.1 Å². The van der Waals surface area contributed by atoms with Gasteiger partial charge in [0, 0.05) is 19.1 Å². The molecule has 2 N–H and O–H groups in total. The number of hydrogen-bond acceptors (Lipinski definition) is 8. The van der Waals surface area contributed by atoms with Crippen LogP contribution in [0.25, 0.3) is 0 Å². The van der Waals surface area contributed by atoms with Crippen LogP contribution in [-0.2, 0) is 25.4 Å². The number of hydrogen-bond donors (Lipinski definition) is 1. The molecule has 34 heavy (non-hydrogen) atoms. The second-order valence-electron chi connectivity index (χ2n) is 7.25. The SMILES string of the molecule is COc1cc(C(=O)OCC(=O)c2c(N)n(C)c(=O)n(C)c2=O)ccc1OCc1ccc(Cl)cc1. The van der Waals surface area contributed by atoms with Crippen molar-refractivity contribution in [2.75, 3.05) is 19.5 Å². The van der Waals surface area contributed by atoms with E-state index < -0.39 is 35.2 Å². The van der Waals surface area contributed by atoms with Crippen LogP contribution in [0, 0.1) is 0 Å². The highest BCUT2D eigenvalue weighted by atomic mass is 35.5. The average molecular weight is 488 g/mol. The lowest BCUT2D eigenvalue weighted by atomic mass is 10.2. The lowest BCUT2D eigenvalue weighted by Gasteiger charge is -2.13. The van der Waals surface area contributed by atoms with E-state index in [1.54, 1.807) is 12.1 Å². The zero-order valence-electron chi connectivity index (χ0n) is 18.7. The van der Waals surface area contributed by atoms with Gasteiger partial charge in [-0.2, -0.15) is 0 Å². The van der Waals surface area contributed by atoms with E-state index in [-0.39, 0.29) is 23.7 Å². The Morgan fingerprint density at radius 2 is 1.68 bits per heavy atom. The minimum atomic E-state index is -0.870. The Kier molecular flexibility index (Phi) is 7.42. The van der Waals surface area contributed by atoms with Crippen LogP contribution in [0.1, 0.15) is 26.3 Å². The van der Waals surface area contributed by atoms with Gasteiger partial charge in [0.25, 0.3) is 5.56 Å². The van der Waals surface area contributed by atoms with Crippen LogP contribution < -0.4 is 26.5 Å². The summed E-state index contributed by atoms with van der Waals surface area (Å²) in [6.45, 7) is -0.491. The third-order valence-corrected chi connectivity index (χ3v) is 5.28. The summed E-state index contributed by atoms with van der Waals surface area (Å²) in [5.74, 6) is -1.29. The number of ketones is 1. The van der Waals surface area contributed by atoms with Crippen LogP contribution in [0.4, 0.5) is 5.82 Å². The fraction of sp³-hybridized carbons (Fsp3) is 0.217. The van der Waals surface area contributed by atoms with Gasteiger partial charge in [-0.1, -0.05) is 23.7 Å². The molecule has 1 heterocycles. The summed E-state index contributed by atoms with van der Waals surface area (Å²) in [6.07, 6.45) is 0. The molecule has 0 aliphatic heterocycles. The number of carbonyl (C=O) groups excluding carboxylic acids is 2. The molecule has 0 unspecified atom stereocenters. The van der Waals surface area contributed by atoms with Crippen LogP contribution in [0.2, 0.25) is 5.02 Å². The summed E-state index contributed by atoms with van der Waals surface area (Å²) in [6, 6.07) is 11.5. The number of ether oxygens (including phenoxy) is 3. The number of esters is 1. The highest BCUT2D eigenvalue weighted by molar-refractivity contribution is 6.30. The molecule has 0 spiro atoms. The Labute approximate surface area is 199 Å². The third-order valence-electron chi connectivity index (χ3n) is 5.03. The van der Waals surface area contributed by atoms with Gasteiger partial charge >= 0.3 is 11.7 Å². The average Bonchev–Trinajstić information content (AvgIpc) is 2.84. The van der Waals surface area contributed by atoms with Gasteiger partial charge in [-0.05, 0) is 35.9 Å². The van der Waals surface area contributed by atoms with Crippen molar-refractivity contribution in [2.24, 2.45) is 14.1 Å². The lowest BCUT2D eigenvalue weighted by molar-refractivity contribution is 0.0474. The van der Waals surface area contributed by atoms with Crippen molar-refractivity contribution in [3.63, 3.8) is 0 Å². The van der Waals surface area contributed by atoms with Gasteiger partial charge in [-0.25, -0.2) is 9.59 Å². The van der Waals surface area contributed by atoms with Gasteiger partial charge in [0.1, 0.15) is 18.0 Å². The number of nitrogens with two attached hydrogens (primary N) is 1. The summed E-state index contributed by atoms with van der Waals surface area (Å²) in [7, 11) is 3.96. The number of benzene rings is 2. The minimum absolute atomic E-state index is 0.102. The highest BCUT2D eigenvalue weighted by Gasteiger charge is 2.22. The van der Waals surface area contributed by atoms with Crippen molar-refractivity contribution in [1.82, 2.24) is 9.13 Å². The molecule has 0 fully saturated rings. The smallest absolute Gasteiger partial charge is 0.338 e. The standard InChI is InChI=1S/C23H22ClN3O7/c1-26-20(25)19(21(29)27(2)23(26)31)16(28)12-34-22(30)14-6-9-17(18(10-14)32-3)33-11-13-4-7-15(24)8-5-13/h4-10H,11-12,25H2,1-3H3. The molecule has 0 aliphatic rings. The van der Waals surface area contributed by atoms with Gasteiger partial charge < -0.3 is 19.9 Å². The number of Topliss-reactive ketones (excluding diaryl/α,β-unsaturated/α-hetero) is 1. The molecule has 0 bridgehead atoms. The summed E-state index contributed by atoms with van der Waals surface area (Å²) < 4.78 is 17.8. The van der Waals surface area contributed by atoms with E-state index in [1.165, 1.54) is 39.4 Å². The molecule has 0 amide bonds. The van der Waals surface area contributed by atoms with Crippen molar-refractivity contribution in [3.05, 3.63) is 85.0 Å². The van der Waals surface area contributed by atoms with Crippen LogP contribution in [-0.4, -0.2) is 34.6 Å². The number of nitrogens with zero attached hydrogens (tertiary/aromatic N) is 2. The molecular formula is C23H22ClN3O7. The molecule has 3 rings (SSSR count). The minimum Gasteiger partial charge on any atom is -0.493 e. The van der Waals surface area contributed by atoms with Crippen LogP contribution in [0.5, 0.6) is 11.5 Å². The zero-order chi connectivity index (χ0) is 25.0. The molecule has 0 atom stereocenters. The van der Waals surface area contributed by atoms with Crippen molar-refractivity contribution in [3.8, 4) is 11.5 Å². The first-order chi connectivity index (χ1) is 16.1. The molecular weight excluding hydrogens is 466 g/mol. The number of anilines is 1. The summed E-state index contributed by atoms with van der Waals surface area (Å²) in [5.41, 5.74) is 4.76. The van der Waals surface area contributed by atoms with Crippen molar-refractivity contribution in [2.45, 2.75) is 6.61 Å². The Morgan fingerprint density at radius 3 is 2.32 bits per heavy atom. The largest absolute Gasteiger partial charge is 0.493 e. The molecule has 11 heteroatoms. The first kappa shape index (κ1) is 24.6. The van der Waals surface area contributed by atoms with Crippen molar-refractivity contribution < 1.29 is 23.8 Å². The predicted octanol–water partition coefficient (Wildman–Crippen LogP) is 1.95. The monoisotopic (exact) mass is 487 g/mol. The van der Waals surface area contributed by atoms with Gasteiger partial charge in [0.05, 0.1) is 12.7 Å². The Bertz CT molecular complexity index is 1360. The maximum Gasteiger partial charge on any atom is 0.338 e. The lowest BCUT2D eigenvalue weighted by Crippen LogP contribution is -2.42. The topological polar surface area (TPSA) is 132 Å². The fourth-order valence-electron chi connectivity index (χ4n) is 3.06. The predicted molar refractivity (Wildman–Crippen MR) is 125 cm³/mol. The van der Waals surface area contributed by atoms with Gasteiger partial charge in [-0.15, -0.1) is 0 Å². The fourth-order valence-corrected chi connectivity index (χ4v) is 3.19. The maximum atomic E-state index is 12.5. The van der Waals surface area contributed by atoms with E-state index in [1.807, 2.05) is 12.1 Å². The van der Waals surface area contributed by atoms with E-state index in [0.29, 0.717) is 10.8 Å². The Balaban J connectivity index is 1.70. The van der Waals surface area contributed by atoms with Gasteiger partial charge in [0.2, 0.25) is 5.78 Å². The quantitative estimate of drug-likeness (QED) is 0.376. The van der Waals surface area contributed by atoms with E-state index in [2.05, 4.69) is 0 Å². The van der Waals surface area contributed by atoms with Crippen molar-refractivity contribution >= 4 is 29.2 Å². The summed E-state index contributed by atoms with van der Waals surface area (Å²) in [5, 5.41) is 0.613. The Morgan fingerprint density at radius 1 is 1.00 bits per heavy atom. The molecule has 0 aliphatic carbocycles. The van der Waals surface area contributed by atoms with E-state index in [0.717, 1.165) is 14.7 Å². The maximum absolute atomic E-state index is 12.5. The highest BCUT2D eigenvalue weighted by Crippen LogP contribution is 2.29. The van der Waals surface area contributed by atoms with Crippen LogP contribution >= 0.6 is 11.6 Å². The van der Waals surface area contributed by atoms with E-state index in [9.17, 15) is 19.2 Å². The first-order valence-electron chi connectivity index (χ1n) is 9.95.